The summed E-state index contributed by atoms with van der Waals surface area (Å²) in [4.78, 5) is 27.4. The molecule has 0 fully saturated rings. The first-order chi connectivity index (χ1) is 11.7. The van der Waals surface area contributed by atoms with Crippen molar-refractivity contribution in [1.29, 1.82) is 0 Å². The summed E-state index contributed by atoms with van der Waals surface area (Å²) in [5.74, 6) is -0.725. The Labute approximate surface area is 138 Å². The second kappa shape index (κ2) is 5.94. The Hall–Kier alpha value is -2.92. The first-order valence-electron chi connectivity index (χ1n) is 7.68. The Morgan fingerprint density at radius 2 is 1.83 bits per heavy atom. The van der Waals surface area contributed by atoms with Gasteiger partial charge in [-0.2, -0.15) is 0 Å². The number of aromatic nitrogens is 1. The summed E-state index contributed by atoms with van der Waals surface area (Å²) in [5, 5.41) is 0.925. The maximum absolute atomic E-state index is 12.2. The summed E-state index contributed by atoms with van der Waals surface area (Å²) in [6, 6.07) is 12.6. The molecule has 0 atom stereocenters. The van der Waals surface area contributed by atoms with Crippen LogP contribution in [0.3, 0.4) is 0 Å². The maximum Gasteiger partial charge on any atom is 0.338 e. The summed E-state index contributed by atoms with van der Waals surface area (Å²) in [5.41, 5.74) is 4.03. The van der Waals surface area contributed by atoms with E-state index in [2.05, 4.69) is 4.98 Å². The maximum atomic E-state index is 12.2. The van der Waals surface area contributed by atoms with Crippen molar-refractivity contribution in [2.45, 2.75) is 13.2 Å². The van der Waals surface area contributed by atoms with Crippen LogP contribution in [0.2, 0.25) is 0 Å². The number of ketones is 1. The van der Waals surface area contributed by atoms with Crippen molar-refractivity contribution in [3.63, 3.8) is 0 Å². The molecule has 24 heavy (non-hydrogen) atoms. The van der Waals surface area contributed by atoms with Crippen molar-refractivity contribution >= 4 is 22.7 Å². The number of hydrogen-bond acceptors (Lipinski definition) is 4. The highest BCUT2D eigenvalue weighted by Crippen LogP contribution is 2.21. The normalized spacial score (nSPS) is 13.0. The lowest BCUT2D eigenvalue weighted by Gasteiger charge is -2.06. The van der Waals surface area contributed by atoms with Crippen molar-refractivity contribution in [3.05, 3.63) is 70.9 Å². The van der Waals surface area contributed by atoms with Crippen LogP contribution >= 0.6 is 0 Å². The Balaban J connectivity index is 1.43. The average molecular weight is 321 g/mol. The Kier molecular flexibility index (Phi) is 3.63. The van der Waals surface area contributed by atoms with Gasteiger partial charge >= 0.3 is 5.97 Å². The van der Waals surface area contributed by atoms with Gasteiger partial charge < -0.3 is 14.5 Å². The molecule has 0 radical (unpaired) electrons. The highest BCUT2D eigenvalue weighted by molar-refractivity contribution is 6.00. The predicted octanol–water partition coefficient (Wildman–Crippen LogP) is 3.24. The number of benzene rings is 2. The molecule has 0 bridgehead atoms. The summed E-state index contributed by atoms with van der Waals surface area (Å²) in [6.45, 7) is 0.830. The summed E-state index contributed by atoms with van der Waals surface area (Å²) in [7, 11) is 0. The number of carbonyl (C=O) groups is 2. The van der Waals surface area contributed by atoms with Gasteiger partial charge in [-0.1, -0.05) is 12.1 Å². The minimum atomic E-state index is -0.504. The Bertz CT molecular complexity index is 941. The second-order valence-corrected chi connectivity index (χ2v) is 5.76. The van der Waals surface area contributed by atoms with E-state index in [0.29, 0.717) is 24.3 Å². The number of hydrogen-bond donors (Lipinski definition) is 1. The molecule has 1 aromatic heterocycles. The molecule has 0 saturated carbocycles. The predicted molar refractivity (Wildman–Crippen MR) is 87.8 cm³/mol. The molecule has 1 aliphatic rings. The lowest BCUT2D eigenvalue weighted by molar-refractivity contribution is 0.0475. The molecule has 2 aromatic carbocycles. The summed E-state index contributed by atoms with van der Waals surface area (Å²) in [6.07, 6.45) is 1.81. The molecule has 1 N–H and O–H groups in total. The zero-order valence-electron chi connectivity index (χ0n) is 12.9. The van der Waals surface area contributed by atoms with Gasteiger partial charge in [0.1, 0.15) is 0 Å². The molecule has 3 aromatic rings. The third-order valence-electron chi connectivity index (χ3n) is 4.17. The zero-order valence-corrected chi connectivity index (χ0v) is 12.9. The molecular formula is C19H15NO4. The number of carbonyl (C=O) groups excluding carboxylic acids is 2. The van der Waals surface area contributed by atoms with E-state index >= 15 is 0 Å². The van der Waals surface area contributed by atoms with Gasteiger partial charge in [-0.05, 0) is 41.5 Å². The van der Waals surface area contributed by atoms with Gasteiger partial charge in [0, 0.05) is 22.7 Å². The third kappa shape index (κ3) is 2.70. The second-order valence-electron chi connectivity index (χ2n) is 5.76. The first-order valence-corrected chi connectivity index (χ1v) is 7.68. The zero-order chi connectivity index (χ0) is 16.5. The van der Waals surface area contributed by atoms with Crippen molar-refractivity contribution < 1.29 is 19.1 Å². The fourth-order valence-electron chi connectivity index (χ4n) is 2.82. The van der Waals surface area contributed by atoms with E-state index < -0.39 is 5.97 Å². The van der Waals surface area contributed by atoms with Crippen molar-refractivity contribution in [1.82, 2.24) is 4.98 Å². The van der Waals surface area contributed by atoms with Crippen LogP contribution in [0.5, 0.6) is 0 Å². The SMILES string of the molecule is O=C(COC(=O)c1ccc2[nH]ccc2c1)c1ccc2c(c1)COC2. The molecule has 2 heterocycles. The molecule has 1 aliphatic heterocycles. The highest BCUT2D eigenvalue weighted by Gasteiger charge is 2.16. The Morgan fingerprint density at radius 3 is 2.75 bits per heavy atom. The fourth-order valence-corrected chi connectivity index (χ4v) is 2.82. The van der Waals surface area contributed by atoms with Crippen LogP contribution in [0.25, 0.3) is 10.9 Å². The van der Waals surface area contributed by atoms with Gasteiger partial charge in [-0.25, -0.2) is 4.79 Å². The molecule has 0 spiro atoms. The minimum Gasteiger partial charge on any atom is -0.454 e. The van der Waals surface area contributed by atoms with Gasteiger partial charge in [0.15, 0.2) is 12.4 Å². The first kappa shape index (κ1) is 14.7. The van der Waals surface area contributed by atoms with Crippen LogP contribution in [-0.2, 0) is 22.7 Å². The molecule has 5 heteroatoms. The van der Waals surface area contributed by atoms with E-state index in [1.54, 1.807) is 24.4 Å². The number of aromatic amines is 1. The topological polar surface area (TPSA) is 68.4 Å². The number of H-pyrrole nitrogens is 1. The van der Waals surface area contributed by atoms with E-state index in [0.717, 1.165) is 22.0 Å². The Morgan fingerprint density at radius 1 is 1.00 bits per heavy atom. The number of esters is 1. The van der Waals surface area contributed by atoms with Crippen molar-refractivity contribution in [3.8, 4) is 0 Å². The van der Waals surface area contributed by atoms with E-state index in [4.69, 9.17) is 9.47 Å². The van der Waals surface area contributed by atoms with E-state index in [-0.39, 0.29) is 12.4 Å². The highest BCUT2D eigenvalue weighted by atomic mass is 16.5. The van der Waals surface area contributed by atoms with Crippen LogP contribution in [0.1, 0.15) is 31.8 Å². The number of nitrogens with one attached hydrogen (secondary N) is 1. The molecule has 0 unspecified atom stereocenters. The summed E-state index contributed by atoms with van der Waals surface area (Å²) < 4.78 is 10.5. The average Bonchev–Trinajstić information content (AvgIpc) is 3.26. The molecule has 0 aliphatic carbocycles. The fraction of sp³-hybridized carbons (Fsp3) is 0.158. The molecule has 5 nitrogen and oxygen atoms in total. The largest absolute Gasteiger partial charge is 0.454 e. The van der Waals surface area contributed by atoms with Gasteiger partial charge in [0.05, 0.1) is 18.8 Å². The molecule has 0 amide bonds. The summed E-state index contributed by atoms with van der Waals surface area (Å²) >= 11 is 0. The third-order valence-corrected chi connectivity index (χ3v) is 4.17. The van der Waals surface area contributed by atoms with Crippen molar-refractivity contribution in [2.24, 2.45) is 0 Å². The van der Waals surface area contributed by atoms with Crippen LogP contribution in [0.4, 0.5) is 0 Å². The van der Waals surface area contributed by atoms with Gasteiger partial charge in [-0.3, -0.25) is 4.79 Å². The van der Waals surface area contributed by atoms with Crippen LogP contribution in [-0.4, -0.2) is 23.3 Å². The molecular weight excluding hydrogens is 306 g/mol. The van der Waals surface area contributed by atoms with E-state index in [9.17, 15) is 9.59 Å². The standard InChI is InChI=1S/C19H15NO4/c21-18(13-1-2-15-9-23-10-16(15)8-13)11-24-19(22)14-3-4-17-12(7-14)5-6-20-17/h1-8,20H,9-11H2. The molecule has 120 valence electrons. The quantitative estimate of drug-likeness (QED) is 0.592. The molecule has 4 rings (SSSR count). The van der Waals surface area contributed by atoms with Crippen LogP contribution < -0.4 is 0 Å². The number of rotatable bonds is 4. The molecule has 0 saturated heterocycles. The van der Waals surface area contributed by atoms with Crippen LogP contribution in [0.15, 0.2) is 48.7 Å². The van der Waals surface area contributed by atoms with Gasteiger partial charge in [0.25, 0.3) is 0 Å². The number of ether oxygens (including phenoxy) is 2. The van der Waals surface area contributed by atoms with Gasteiger partial charge in [0.2, 0.25) is 0 Å². The number of fused-ring (bicyclic) bond motifs is 2. The smallest absolute Gasteiger partial charge is 0.338 e. The van der Waals surface area contributed by atoms with Crippen molar-refractivity contribution in [2.75, 3.05) is 6.61 Å². The number of Topliss-reactive ketones (excluding diaryl/α,β-unsaturated/α-hetero) is 1. The minimum absolute atomic E-state index is 0.222. The van der Waals surface area contributed by atoms with E-state index in [1.165, 1.54) is 0 Å². The lowest BCUT2D eigenvalue weighted by Crippen LogP contribution is -2.14. The monoisotopic (exact) mass is 321 g/mol. The van der Waals surface area contributed by atoms with E-state index in [1.807, 2.05) is 24.3 Å². The van der Waals surface area contributed by atoms with Crippen LogP contribution in [0, 0.1) is 0 Å². The lowest BCUT2D eigenvalue weighted by atomic mass is 10.0. The van der Waals surface area contributed by atoms with Gasteiger partial charge in [-0.15, -0.1) is 0 Å².